The number of likely N-dealkylation sites (N-methyl/N-ethyl adjacent to an activating group) is 1. The zero-order chi connectivity index (χ0) is 61.9. The van der Waals surface area contributed by atoms with Crippen molar-refractivity contribution in [3.63, 3.8) is 0 Å². The standard InChI is InChI=1S/C76H125N2O6P/c1-6-8-10-12-14-16-18-20-22-24-26-28-30-32-33-34-35-36-37-38-39-40-41-42-43-44-45-46-48-50-52-54-56-58-60-62-64-66-68-70-76(80)77-74(73-84-85(81,82)83-72-71-78(3,4)5)75(79)69-67-65-63-61-59-57-55-53-51-49-47-31-29-27-25-23-21-19-17-15-13-11-9-7-2/h8,10,14,16,20,22,26,28,32-33,35-36,38-39,41-42,44-45,48,50-51,53-54,56,59-62,67,69,74-75,79H,6-7,9,11-13,15,17-19,21,23-25,27,29-31,34,37,40,43,46-47,49,52,55,57-58,63-66,68,70-73H2,1-5H3,(H-,77,80,81,82)/b10-8-,16-14-,22-20-,28-26-,33-32-,36-35-,39-38-,42-41-,45-44-,50-48-,53-51+,56-54-,61-59+,62-60-,69-67+. The lowest BCUT2D eigenvalue weighted by molar-refractivity contribution is -0.870. The van der Waals surface area contributed by atoms with Crippen LogP contribution in [-0.4, -0.2) is 68.5 Å². The van der Waals surface area contributed by atoms with Gasteiger partial charge in [-0.1, -0.05) is 280 Å². The number of aliphatic hydroxyl groups excluding tert-OH is 1. The Morgan fingerprint density at radius 1 is 0.424 bits per heavy atom. The molecule has 0 aromatic carbocycles. The summed E-state index contributed by atoms with van der Waals surface area (Å²) in [6.45, 7) is 4.46. The van der Waals surface area contributed by atoms with E-state index in [2.05, 4.69) is 189 Å². The molecule has 0 radical (unpaired) electrons. The van der Waals surface area contributed by atoms with E-state index >= 15 is 0 Å². The van der Waals surface area contributed by atoms with Crippen molar-refractivity contribution in [1.29, 1.82) is 0 Å². The molecule has 0 aromatic rings. The van der Waals surface area contributed by atoms with E-state index in [1.807, 2.05) is 27.2 Å². The monoisotopic (exact) mass is 1190 g/mol. The Morgan fingerprint density at radius 3 is 1.09 bits per heavy atom. The fourth-order valence-electron chi connectivity index (χ4n) is 8.64. The second-order valence-electron chi connectivity index (χ2n) is 23.1. The fourth-order valence-corrected chi connectivity index (χ4v) is 9.36. The van der Waals surface area contributed by atoms with Crippen molar-refractivity contribution in [1.82, 2.24) is 5.32 Å². The van der Waals surface area contributed by atoms with Gasteiger partial charge in [-0.05, 0) is 135 Å². The lowest BCUT2D eigenvalue weighted by Gasteiger charge is -2.29. The summed E-state index contributed by atoms with van der Waals surface area (Å²) in [5.41, 5.74) is 0. The number of carbonyl (C=O) groups excluding carboxylic acids is 1. The van der Waals surface area contributed by atoms with Crippen LogP contribution in [0.4, 0.5) is 0 Å². The summed E-state index contributed by atoms with van der Waals surface area (Å²) in [7, 11) is 1.18. The number of rotatable bonds is 59. The SMILES string of the molecule is CC/C=C\C/C=C\C/C=C\C/C=C\C/C=C\C/C=C\C/C=C\C/C=C\C/C=C\C/C=C\C/C=C\C/C=C\CCCCC(=O)NC(COP(=O)([O-])OCC[N+](C)(C)C)C(O)/C=C/CC/C=C/CC/C=C/CCCCCCCCCCCCCCCC. The van der Waals surface area contributed by atoms with Crippen LogP contribution < -0.4 is 10.2 Å². The van der Waals surface area contributed by atoms with E-state index in [9.17, 15) is 19.4 Å². The van der Waals surface area contributed by atoms with Crippen LogP contribution in [0.15, 0.2) is 182 Å². The number of hydrogen-bond acceptors (Lipinski definition) is 6. The molecular formula is C76H125N2O6P. The Kier molecular flexibility index (Phi) is 60.8. The Hall–Kier alpha value is -4.40. The van der Waals surface area contributed by atoms with Gasteiger partial charge in [-0.3, -0.25) is 9.36 Å². The van der Waals surface area contributed by atoms with Gasteiger partial charge in [0.1, 0.15) is 13.2 Å². The zero-order valence-corrected chi connectivity index (χ0v) is 55.6. The van der Waals surface area contributed by atoms with Crippen molar-refractivity contribution < 1.29 is 32.9 Å². The van der Waals surface area contributed by atoms with Gasteiger partial charge in [0.05, 0.1) is 39.9 Å². The van der Waals surface area contributed by atoms with Crippen molar-refractivity contribution in [3.8, 4) is 0 Å². The molecule has 0 spiro atoms. The second kappa shape index (κ2) is 64.1. The minimum Gasteiger partial charge on any atom is -0.756 e. The normalized spacial score (nSPS) is 14.9. The topological polar surface area (TPSA) is 108 Å². The molecule has 8 nitrogen and oxygen atoms in total. The van der Waals surface area contributed by atoms with Gasteiger partial charge in [-0.25, -0.2) is 0 Å². The first-order chi connectivity index (χ1) is 41.5. The number of aliphatic hydroxyl groups is 1. The summed E-state index contributed by atoms with van der Waals surface area (Å²) in [5, 5.41) is 13.9. The summed E-state index contributed by atoms with van der Waals surface area (Å²) >= 11 is 0. The van der Waals surface area contributed by atoms with Crippen LogP contribution in [-0.2, 0) is 18.4 Å². The number of carbonyl (C=O) groups is 1. The Morgan fingerprint density at radius 2 is 0.729 bits per heavy atom. The summed E-state index contributed by atoms with van der Waals surface area (Å²) in [6.07, 6.45) is 103. The Bertz CT molecular complexity index is 2040. The summed E-state index contributed by atoms with van der Waals surface area (Å²) in [5.74, 6) is -0.260. The molecule has 480 valence electrons. The van der Waals surface area contributed by atoms with Crippen molar-refractivity contribution in [2.75, 3.05) is 40.9 Å². The van der Waals surface area contributed by atoms with E-state index in [1.165, 1.54) is 96.3 Å². The lowest BCUT2D eigenvalue weighted by atomic mass is 10.0. The third kappa shape index (κ3) is 67.0. The third-order valence-electron chi connectivity index (χ3n) is 13.8. The number of quaternary nitrogens is 1. The van der Waals surface area contributed by atoms with E-state index in [-0.39, 0.29) is 18.9 Å². The van der Waals surface area contributed by atoms with Crippen LogP contribution in [0.3, 0.4) is 0 Å². The molecule has 9 heteroatoms. The molecule has 0 bridgehead atoms. The summed E-state index contributed by atoms with van der Waals surface area (Å²) < 4.78 is 23.4. The molecule has 0 saturated heterocycles. The summed E-state index contributed by atoms with van der Waals surface area (Å²) in [4.78, 5) is 25.6. The summed E-state index contributed by atoms with van der Waals surface area (Å²) in [6, 6.07) is -0.949. The average molecular weight is 1190 g/mol. The molecule has 0 aliphatic heterocycles. The molecule has 0 saturated carbocycles. The smallest absolute Gasteiger partial charge is 0.268 e. The number of unbranched alkanes of at least 4 members (excludes halogenated alkanes) is 18. The first-order valence-corrected chi connectivity index (χ1v) is 35.1. The molecule has 0 heterocycles. The first-order valence-electron chi connectivity index (χ1n) is 33.6. The van der Waals surface area contributed by atoms with Gasteiger partial charge in [0.15, 0.2) is 0 Å². The van der Waals surface area contributed by atoms with Crippen LogP contribution in [0.5, 0.6) is 0 Å². The maximum atomic E-state index is 13.0. The molecule has 2 N–H and O–H groups in total. The van der Waals surface area contributed by atoms with Gasteiger partial charge in [-0.15, -0.1) is 0 Å². The molecule has 3 unspecified atom stereocenters. The maximum Gasteiger partial charge on any atom is 0.268 e. The number of nitrogens with zero attached hydrogens (tertiary/aromatic N) is 1. The van der Waals surface area contributed by atoms with Crippen molar-refractivity contribution in [3.05, 3.63) is 182 Å². The first kappa shape index (κ1) is 80.6. The van der Waals surface area contributed by atoms with Gasteiger partial charge in [0.25, 0.3) is 7.82 Å². The van der Waals surface area contributed by atoms with E-state index in [1.54, 1.807) is 6.08 Å². The van der Waals surface area contributed by atoms with Gasteiger partial charge in [0, 0.05) is 6.42 Å². The predicted molar refractivity (Wildman–Crippen MR) is 370 cm³/mol. The van der Waals surface area contributed by atoms with Crippen molar-refractivity contribution >= 4 is 13.7 Å². The molecule has 0 fully saturated rings. The lowest BCUT2D eigenvalue weighted by Crippen LogP contribution is -2.45. The van der Waals surface area contributed by atoms with E-state index < -0.39 is 26.6 Å². The molecule has 85 heavy (non-hydrogen) atoms. The zero-order valence-electron chi connectivity index (χ0n) is 54.7. The van der Waals surface area contributed by atoms with Crippen LogP contribution in [0.1, 0.15) is 239 Å². The van der Waals surface area contributed by atoms with Crippen LogP contribution in [0.25, 0.3) is 0 Å². The fraction of sp³-hybridized carbons (Fsp3) is 0.592. The highest BCUT2D eigenvalue weighted by molar-refractivity contribution is 7.45. The van der Waals surface area contributed by atoms with Crippen molar-refractivity contribution in [2.24, 2.45) is 0 Å². The van der Waals surface area contributed by atoms with Gasteiger partial charge >= 0.3 is 0 Å². The number of amides is 1. The molecule has 0 rings (SSSR count). The number of allylic oxidation sites excluding steroid dienone is 29. The van der Waals surface area contributed by atoms with E-state index in [4.69, 9.17) is 9.05 Å². The van der Waals surface area contributed by atoms with Crippen molar-refractivity contribution in [2.45, 2.75) is 251 Å². The molecule has 0 aliphatic rings. The highest BCUT2D eigenvalue weighted by Gasteiger charge is 2.23. The Balaban J connectivity index is 4.33. The quantitative estimate of drug-likeness (QED) is 0.0272. The highest BCUT2D eigenvalue weighted by Crippen LogP contribution is 2.38. The van der Waals surface area contributed by atoms with Crippen LogP contribution >= 0.6 is 7.82 Å². The molecular weight excluding hydrogens is 1070 g/mol. The highest BCUT2D eigenvalue weighted by atomic mass is 31.2. The van der Waals surface area contributed by atoms with E-state index in [0.29, 0.717) is 23.9 Å². The predicted octanol–water partition coefficient (Wildman–Crippen LogP) is 21.1. The van der Waals surface area contributed by atoms with Crippen LogP contribution in [0.2, 0.25) is 0 Å². The third-order valence-corrected chi connectivity index (χ3v) is 14.8. The van der Waals surface area contributed by atoms with Gasteiger partial charge < -0.3 is 28.8 Å². The number of hydrogen-bond donors (Lipinski definition) is 2. The maximum absolute atomic E-state index is 13.0. The largest absolute Gasteiger partial charge is 0.756 e. The average Bonchev–Trinajstić information content (AvgIpc) is 3.49. The Labute approximate surface area is 523 Å². The molecule has 0 aliphatic carbocycles. The van der Waals surface area contributed by atoms with Gasteiger partial charge in [-0.2, -0.15) is 0 Å². The van der Waals surface area contributed by atoms with Crippen LogP contribution in [0, 0.1) is 0 Å². The molecule has 3 atom stereocenters. The minimum absolute atomic E-state index is 0.0278. The molecule has 0 aromatic heterocycles. The number of phosphoric acid groups is 1. The molecule has 1 amide bonds. The number of nitrogens with one attached hydrogen (secondary N) is 1. The minimum atomic E-state index is -4.64. The number of phosphoric ester groups is 1. The van der Waals surface area contributed by atoms with E-state index in [0.717, 1.165) is 109 Å². The van der Waals surface area contributed by atoms with Gasteiger partial charge in [0.2, 0.25) is 5.91 Å². The second-order valence-corrected chi connectivity index (χ2v) is 24.5.